The summed E-state index contributed by atoms with van der Waals surface area (Å²) in [5, 5.41) is 4.51. The monoisotopic (exact) mass is 328 g/mol. The highest BCUT2D eigenvalue weighted by atomic mass is 16.7. The van der Waals surface area contributed by atoms with Gasteiger partial charge in [-0.05, 0) is 40.7 Å². The molecule has 1 atom stereocenters. The lowest BCUT2D eigenvalue weighted by molar-refractivity contribution is 0.00578. The maximum absolute atomic E-state index is 6.09. The van der Waals surface area contributed by atoms with Crippen molar-refractivity contribution in [2.24, 2.45) is 0 Å². The molecule has 6 heteroatoms. The van der Waals surface area contributed by atoms with Gasteiger partial charge in [0.1, 0.15) is 5.75 Å². The number of ether oxygens (including phenoxy) is 1. The van der Waals surface area contributed by atoms with Crippen molar-refractivity contribution >= 4 is 12.6 Å². The quantitative estimate of drug-likeness (QED) is 0.810. The number of aromatic nitrogens is 2. The molecule has 1 fully saturated rings. The largest absolute Gasteiger partial charge is 0.498 e. The Morgan fingerprint density at radius 3 is 2.38 bits per heavy atom. The Morgan fingerprint density at radius 2 is 1.75 bits per heavy atom. The van der Waals surface area contributed by atoms with Gasteiger partial charge in [-0.1, -0.05) is 18.2 Å². The van der Waals surface area contributed by atoms with Crippen LogP contribution in [-0.4, -0.2) is 35.2 Å². The Bertz CT molecular complexity index is 711. The Labute approximate surface area is 144 Å². The van der Waals surface area contributed by atoms with Gasteiger partial charge in [-0.2, -0.15) is 5.10 Å². The van der Waals surface area contributed by atoms with E-state index >= 15 is 0 Å². The predicted molar refractivity (Wildman–Crippen MR) is 94.8 cm³/mol. The molecule has 3 rings (SSSR count). The Hall–Kier alpha value is -1.79. The SMILES string of the molecule is COc1ccccc1C(C)n1cc(B2OC(C)(C)C(C)(C)O2)cn1. The van der Waals surface area contributed by atoms with Crippen LogP contribution >= 0.6 is 0 Å². The van der Waals surface area contributed by atoms with E-state index < -0.39 is 7.12 Å². The Kier molecular flexibility index (Phi) is 4.22. The van der Waals surface area contributed by atoms with Gasteiger partial charge in [0, 0.05) is 23.4 Å². The maximum atomic E-state index is 6.09. The van der Waals surface area contributed by atoms with Crippen LogP contribution in [-0.2, 0) is 9.31 Å². The summed E-state index contributed by atoms with van der Waals surface area (Å²) in [6.07, 6.45) is 3.80. The van der Waals surface area contributed by atoms with Crippen molar-refractivity contribution in [2.45, 2.75) is 51.9 Å². The van der Waals surface area contributed by atoms with Gasteiger partial charge in [-0.25, -0.2) is 0 Å². The minimum absolute atomic E-state index is 0.0531. The first-order valence-corrected chi connectivity index (χ1v) is 8.28. The molecule has 0 amide bonds. The number of para-hydroxylation sites is 1. The topological polar surface area (TPSA) is 45.5 Å². The van der Waals surface area contributed by atoms with Crippen LogP contribution in [0.15, 0.2) is 36.7 Å². The van der Waals surface area contributed by atoms with Crippen molar-refractivity contribution in [3.05, 3.63) is 42.2 Å². The molecule has 1 aliphatic heterocycles. The smallest absolute Gasteiger partial charge is 0.496 e. The van der Waals surface area contributed by atoms with Crippen molar-refractivity contribution in [1.29, 1.82) is 0 Å². The molecule has 1 saturated heterocycles. The molecule has 5 nitrogen and oxygen atoms in total. The summed E-state index contributed by atoms with van der Waals surface area (Å²) < 4.78 is 19.6. The van der Waals surface area contributed by atoms with Gasteiger partial charge in [0.2, 0.25) is 0 Å². The van der Waals surface area contributed by atoms with Crippen molar-refractivity contribution < 1.29 is 14.0 Å². The van der Waals surface area contributed by atoms with Crippen molar-refractivity contribution in [3.8, 4) is 5.75 Å². The minimum atomic E-state index is -0.395. The number of hydrogen-bond acceptors (Lipinski definition) is 4. The summed E-state index contributed by atoms with van der Waals surface area (Å²) in [6.45, 7) is 10.3. The van der Waals surface area contributed by atoms with Crippen LogP contribution in [0, 0.1) is 0 Å². The third-order valence-electron chi connectivity index (χ3n) is 5.13. The number of hydrogen-bond donors (Lipinski definition) is 0. The number of benzene rings is 1. The molecule has 1 unspecified atom stereocenters. The van der Waals surface area contributed by atoms with Crippen molar-refractivity contribution in [3.63, 3.8) is 0 Å². The normalized spacial score (nSPS) is 20.2. The second-order valence-corrected chi connectivity index (χ2v) is 7.26. The van der Waals surface area contributed by atoms with Crippen LogP contribution in [0.4, 0.5) is 0 Å². The van der Waals surface area contributed by atoms with E-state index in [1.807, 2.05) is 35.3 Å². The summed E-state index contributed by atoms with van der Waals surface area (Å²) in [5.41, 5.74) is 1.31. The highest BCUT2D eigenvalue weighted by Gasteiger charge is 2.52. The highest BCUT2D eigenvalue weighted by Crippen LogP contribution is 2.36. The summed E-state index contributed by atoms with van der Waals surface area (Å²) in [6, 6.07) is 8.04. The fraction of sp³-hybridized carbons (Fsp3) is 0.500. The van der Waals surface area contributed by atoms with E-state index in [0.29, 0.717) is 0 Å². The van der Waals surface area contributed by atoms with E-state index in [1.54, 1.807) is 7.11 Å². The first-order valence-electron chi connectivity index (χ1n) is 8.28. The summed E-state index contributed by atoms with van der Waals surface area (Å²) >= 11 is 0. The molecule has 0 spiro atoms. The summed E-state index contributed by atoms with van der Waals surface area (Å²) in [7, 11) is 1.29. The van der Waals surface area contributed by atoms with Gasteiger partial charge in [-0.3, -0.25) is 4.68 Å². The van der Waals surface area contributed by atoms with E-state index in [4.69, 9.17) is 14.0 Å². The zero-order valence-electron chi connectivity index (χ0n) is 15.2. The molecular formula is C18H25BN2O3. The lowest BCUT2D eigenvalue weighted by atomic mass is 9.82. The average molecular weight is 328 g/mol. The van der Waals surface area contributed by atoms with Gasteiger partial charge in [0.15, 0.2) is 0 Å². The van der Waals surface area contributed by atoms with Crippen molar-refractivity contribution in [2.75, 3.05) is 7.11 Å². The maximum Gasteiger partial charge on any atom is 0.498 e. The van der Waals surface area contributed by atoms with Crippen LogP contribution in [0.1, 0.15) is 46.2 Å². The fourth-order valence-corrected chi connectivity index (χ4v) is 2.82. The number of rotatable bonds is 4. The third-order valence-corrected chi connectivity index (χ3v) is 5.13. The highest BCUT2D eigenvalue weighted by molar-refractivity contribution is 6.62. The lowest BCUT2D eigenvalue weighted by Crippen LogP contribution is -2.41. The van der Waals surface area contributed by atoms with Crippen LogP contribution in [0.3, 0.4) is 0 Å². The summed E-state index contributed by atoms with van der Waals surface area (Å²) in [5.74, 6) is 0.859. The lowest BCUT2D eigenvalue weighted by Gasteiger charge is -2.32. The molecule has 24 heavy (non-hydrogen) atoms. The van der Waals surface area contributed by atoms with Crippen LogP contribution in [0.5, 0.6) is 5.75 Å². The third kappa shape index (κ3) is 2.85. The average Bonchev–Trinajstić information content (AvgIpc) is 3.10. The molecule has 0 N–H and O–H groups in total. The van der Waals surface area contributed by atoms with Crippen LogP contribution in [0.2, 0.25) is 0 Å². The van der Waals surface area contributed by atoms with Crippen LogP contribution in [0.25, 0.3) is 0 Å². The summed E-state index contributed by atoms with van der Waals surface area (Å²) in [4.78, 5) is 0. The predicted octanol–water partition coefficient (Wildman–Crippen LogP) is 2.80. The van der Waals surface area contributed by atoms with E-state index in [9.17, 15) is 0 Å². The molecule has 1 aliphatic rings. The van der Waals surface area contributed by atoms with Crippen LogP contribution < -0.4 is 10.2 Å². The second-order valence-electron chi connectivity index (χ2n) is 7.26. The molecule has 2 heterocycles. The zero-order chi connectivity index (χ0) is 17.5. The molecule has 1 aromatic heterocycles. The molecule has 128 valence electrons. The number of nitrogens with zero attached hydrogens (tertiary/aromatic N) is 2. The first-order chi connectivity index (χ1) is 11.2. The van der Waals surface area contributed by atoms with Gasteiger partial charge in [-0.15, -0.1) is 0 Å². The fourth-order valence-electron chi connectivity index (χ4n) is 2.82. The standard InChI is InChI=1S/C18H25BN2O3/c1-13(15-9-7-8-10-16(15)22-6)21-12-14(11-20-21)19-23-17(2,3)18(4,5)24-19/h7-13H,1-6H3. The zero-order valence-corrected chi connectivity index (χ0v) is 15.2. The van der Waals surface area contributed by atoms with E-state index in [2.05, 4.69) is 45.8 Å². The molecular weight excluding hydrogens is 303 g/mol. The molecule has 1 aromatic carbocycles. The van der Waals surface area contributed by atoms with Gasteiger partial charge in [0.25, 0.3) is 0 Å². The van der Waals surface area contributed by atoms with Crippen molar-refractivity contribution in [1.82, 2.24) is 9.78 Å². The second kappa shape index (κ2) is 5.94. The molecule has 0 aliphatic carbocycles. The molecule has 0 radical (unpaired) electrons. The van der Waals surface area contributed by atoms with E-state index in [1.165, 1.54) is 0 Å². The van der Waals surface area contributed by atoms with Gasteiger partial charge in [0.05, 0.1) is 24.4 Å². The van der Waals surface area contributed by atoms with E-state index in [0.717, 1.165) is 16.8 Å². The molecule has 2 aromatic rings. The number of methoxy groups -OCH3 is 1. The molecule has 0 saturated carbocycles. The van der Waals surface area contributed by atoms with E-state index in [-0.39, 0.29) is 17.2 Å². The first kappa shape index (κ1) is 17.1. The Morgan fingerprint density at radius 1 is 1.12 bits per heavy atom. The molecule has 0 bridgehead atoms. The van der Waals surface area contributed by atoms with Gasteiger partial charge >= 0.3 is 7.12 Å². The minimum Gasteiger partial charge on any atom is -0.496 e. The van der Waals surface area contributed by atoms with Gasteiger partial charge < -0.3 is 14.0 Å². The Balaban J connectivity index is 1.84.